The van der Waals surface area contributed by atoms with E-state index in [0.717, 1.165) is 5.56 Å². The van der Waals surface area contributed by atoms with Crippen LogP contribution in [0, 0.1) is 0 Å². The molecule has 1 atom stereocenters. The van der Waals surface area contributed by atoms with E-state index in [9.17, 15) is 4.79 Å². The van der Waals surface area contributed by atoms with Crippen molar-refractivity contribution in [3.8, 4) is 0 Å². The summed E-state index contributed by atoms with van der Waals surface area (Å²) in [5.41, 5.74) is 0.830. The molecule has 0 aliphatic carbocycles. The minimum Gasteiger partial charge on any atom is -1.00 e. The van der Waals surface area contributed by atoms with E-state index in [2.05, 4.69) is 4.89 Å². The van der Waals surface area contributed by atoms with Gasteiger partial charge in [-0.2, -0.15) is 5.26 Å². The van der Waals surface area contributed by atoms with Crippen molar-refractivity contribution >= 4 is 5.97 Å². The Morgan fingerprint density at radius 3 is 2.46 bits per heavy atom. The van der Waals surface area contributed by atoms with Gasteiger partial charge in [-0.1, -0.05) is 30.3 Å². The molecule has 0 spiro atoms. The Hall–Kier alpha value is -0.350. The van der Waals surface area contributed by atoms with E-state index in [4.69, 9.17) is 5.26 Å². The molecule has 3 nitrogen and oxygen atoms in total. The van der Waals surface area contributed by atoms with Crippen molar-refractivity contribution in [2.24, 2.45) is 0 Å². The van der Waals surface area contributed by atoms with E-state index in [-0.39, 0.29) is 31.0 Å². The monoisotopic (exact) mass is 190 g/mol. The van der Waals surface area contributed by atoms with Crippen molar-refractivity contribution in [3.05, 3.63) is 35.9 Å². The summed E-state index contributed by atoms with van der Waals surface area (Å²) in [6, 6.07) is 9.14. The van der Waals surface area contributed by atoms with E-state index in [1.165, 1.54) is 0 Å². The van der Waals surface area contributed by atoms with Crippen LogP contribution in [0.5, 0.6) is 0 Å². The summed E-state index contributed by atoms with van der Waals surface area (Å²) in [4.78, 5) is 14.5. The van der Waals surface area contributed by atoms with Crippen molar-refractivity contribution in [1.29, 1.82) is 0 Å². The topological polar surface area (TPSA) is 46.5 Å². The molecule has 1 rings (SSSR count). The van der Waals surface area contributed by atoms with Crippen molar-refractivity contribution in [2.75, 3.05) is 0 Å². The van der Waals surface area contributed by atoms with Crippen LogP contribution >= 0.6 is 0 Å². The number of hydrogen-bond acceptors (Lipinski definition) is 3. The third kappa shape index (κ3) is 3.48. The Balaban J connectivity index is 0. The van der Waals surface area contributed by atoms with E-state index >= 15 is 0 Å². The Labute approximate surface area is 100 Å². The first kappa shape index (κ1) is 12.7. The van der Waals surface area contributed by atoms with Gasteiger partial charge >= 0.3 is 35.5 Å². The van der Waals surface area contributed by atoms with Crippen LogP contribution < -0.4 is 29.6 Å². The minimum absolute atomic E-state index is 0. The third-order valence-corrected chi connectivity index (χ3v) is 1.74. The van der Waals surface area contributed by atoms with Gasteiger partial charge in [0, 0.05) is 0 Å². The summed E-state index contributed by atoms with van der Waals surface area (Å²) >= 11 is 0. The number of rotatable bonds is 2. The predicted octanol–water partition coefficient (Wildman–Crippen LogP) is -1.08. The van der Waals surface area contributed by atoms with Gasteiger partial charge in [0.05, 0.1) is 5.92 Å². The van der Waals surface area contributed by atoms with Crippen LogP contribution in [-0.4, -0.2) is 11.2 Å². The smallest absolute Gasteiger partial charge is 1.00 e. The van der Waals surface area contributed by atoms with Gasteiger partial charge in [-0.05, 0) is 12.5 Å². The number of hydrogen-bond donors (Lipinski definition) is 1. The second kappa shape index (κ2) is 6.16. The van der Waals surface area contributed by atoms with Crippen LogP contribution in [0.25, 0.3) is 0 Å². The maximum absolute atomic E-state index is 10.8. The molecule has 0 radical (unpaired) electrons. The molecule has 0 saturated heterocycles. The fraction of sp³-hybridized carbons (Fsp3) is 0.222. The van der Waals surface area contributed by atoms with E-state index in [0.29, 0.717) is 0 Å². The van der Waals surface area contributed by atoms with Crippen LogP contribution in [0.1, 0.15) is 19.8 Å². The van der Waals surface area contributed by atoms with Gasteiger partial charge in [0.25, 0.3) is 0 Å². The first-order chi connectivity index (χ1) is 5.75. The molecule has 0 aliphatic heterocycles. The average Bonchev–Trinajstić information content (AvgIpc) is 2.17. The van der Waals surface area contributed by atoms with E-state index in [1.54, 1.807) is 6.92 Å². The molecule has 1 N–H and O–H groups in total. The first-order valence-corrected chi connectivity index (χ1v) is 3.66. The van der Waals surface area contributed by atoms with Crippen molar-refractivity contribution in [2.45, 2.75) is 12.8 Å². The first-order valence-electron chi connectivity index (χ1n) is 3.66. The predicted molar refractivity (Wildman–Crippen MR) is 44.7 cm³/mol. The SMILES string of the molecule is CC(C(=O)OO)c1ccccc1.[H-].[Na+]. The van der Waals surface area contributed by atoms with Crippen LogP contribution in [0.3, 0.4) is 0 Å². The zero-order chi connectivity index (χ0) is 8.97. The fourth-order valence-electron chi connectivity index (χ4n) is 0.957. The normalized spacial score (nSPS) is 11.2. The van der Waals surface area contributed by atoms with Gasteiger partial charge in [-0.15, -0.1) is 0 Å². The van der Waals surface area contributed by atoms with Gasteiger partial charge in [-0.25, -0.2) is 4.79 Å². The zero-order valence-corrected chi connectivity index (χ0v) is 9.73. The Morgan fingerprint density at radius 2 is 2.00 bits per heavy atom. The zero-order valence-electron chi connectivity index (χ0n) is 8.73. The molecular formula is C9H11NaO3. The Bertz CT molecular complexity index is 266. The molecule has 13 heavy (non-hydrogen) atoms. The van der Waals surface area contributed by atoms with Gasteiger partial charge in [0.2, 0.25) is 0 Å². The quantitative estimate of drug-likeness (QED) is 0.366. The van der Waals surface area contributed by atoms with Crippen LogP contribution in [-0.2, 0) is 9.68 Å². The molecule has 4 heteroatoms. The van der Waals surface area contributed by atoms with E-state index in [1.807, 2.05) is 30.3 Å². The molecule has 1 aromatic carbocycles. The molecule has 0 saturated carbocycles. The van der Waals surface area contributed by atoms with Crippen LogP contribution in [0.4, 0.5) is 0 Å². The average molecular weight is 190 g/mol. The van der Waals surface area contributed by atoms with Crippen LogP contribution in [0.15, 0.2) is 30.3 Å². The summed E-state index contributed by atoms with van der Waals surface area (Å²) in [5.74, 6) is -1.06. The van der Waals surface area contributed by atoms with Crippen molar-refractivity contribution in [3.63, 3.8) is 0 Å². The van der Waals surface area contributed by atoms with Crippen LogP contribution in [0.2, 0.25) is 0 Å². The maximum atomic E-state index is 10.8. The maximum Gasteiger partial charge on any atom is 1.00 e. The second-order valence-electron chi connectivity index (χ2n) is 2.54. The second-order valence-corrected chi connectivity index (χ2v) is 2.54. The molecule has 66 valence electrons. The molecule has 0 bridgehead atoms. The molecule has 0 heterocycles. The molecule has 0 amide bonds. The Morgan fingerprint density at radius 1 is 1.46 bits per heavy atom. The molecule has 0 aromatic heterocycles. The summed E-state index contributed by atoms with van der Waals surface area (Å²) in [5, 5.41) is 8.12. The van der Waals surface area contributed by atoms with Gasteiger partial charge in [-0.3, -0.25) is 0 Å². The number of benzene rings is 1. The Kier molecular flexibility index (Phi) is 5.99. The molecule has 0 aliphatic rings. The number of carbonyl (C=O) groups is 1. The molecule has 1 aromatic rings. The summed E-state index contributed by atoms with van der Waals surface area (Å²) in [7, 11) is 0. The van der Waals surface area contributed by atoms with Gasteiger partial charge in [0.1, 0.15) is 0 Å². The summed E-state index contributed by atoms with van der Waals surface area (Å²) in [6.45, 7) is 1.67. The van der Waals surface area contributed by atoms with Gasteiger partial charge in [0.15, 0.2) is 0 Å². The number of carbonyl (C=O) groups excluding carboxylic acids is 1. The summed E-state index contributed by atoms with van der Waals surface area (Å²) in [6.07, 6.45) is 0. The fourth-order valence-corrected chi connectivity index (χ4v) is 0.957. The molecule has 1 unspecified atom stereocenters. The molecule has 0 fully saturated rings. The van der Waals surface area contributed by atoms with Crippen molar-refractivity contribution < 1.29 is 45.9 Å². The van der Waals surface area contributed by atoms with E-state index < -0.39 is 11.9 Å². The van der Waals surface area contributed by atoms with Gasteiger partial charge < -0.3 is 6.31 Å². The molecular weight excluding hydrogens is 179 g/mol. The minimum atomic E-state index is -0.638. The standard InChI is InChI=1S/C9H10O3.Na.H/c1-7(9(10)12-11)8-5-3-2-4-6-8;;/h2-7,11H,1H3;;/q;+1;-1. The largest absolute Gasteiger partial charge is 1.00 e. The van der Waals surface area contributed by atoms with Crippen molar-refractivity contribution in [1.82, 2.24) is 0 Å². The summed E-state index contributed by atoms with van der Waals surface area (Å²) < 4.78 is 0. The third-order valence-electron chi connectivity index (χ3n) is 1.74.